The van der Waals surface area contributed by atoms with E-state index in [1.165, 1.54) is 18.5 Å². The standard InChI is InChI=1S/C29H42N4O3/c1-3-15-32-16-12-25(13-17-32)33-22-24(20-28(33)29(34)30-14-18-35-2)31-21-23-8-7-11-27(19-23)36-26-9-5-4-6-10-26/h4-11,19,24-25,28,31H,3,12-18,20-22H2,1-2H3,(H,30,34)/t24-,28+/m1/s1. The van der Waals surface area contributed by atoms with Gasteiger partial charge in [-0.1, -0.05) is 37.3 Å². The summed E-state index contributed by atoms with van der Waals surface area (Å²) in [6.07, 6.45) is 4.29. The van der Waals surface area contributed by atoms with Crippen LogP contribution >= 0.6 is 0 Å². The molecular formula is C29H42N4O3. The summed E-state index contributed by atoms with van der Waals surface area (Å²) in [4.78, 5) is 18.1. The Morgan fingerprint density at radius 2 is 1.83 bits per heavy atom. The van der Waals surface area contributed by atoms with Crippen molar-refractivity contribution in [3.8, 4) is 11.5 Å². The van der Waals surface area contributed by atoms with E-state index in [9.17, 15) is 4.79 Å². The van der Waals surface area contributed by atoms with Gasteiger partial charge in [0.15, 0.2) is 0 Å². The first-order chi connectivity index (χ1) is 17.7. The molecule has 0 aliphatic carbocycles. The molecule has 2 atom stereocenters. The Morgan fingerprint density at radius 1 is 1.06 bits per heavy atom. The molecule has 1 amide bonds. The zero-order valence-corrected chi connectivity index (χ0v) is 21.8. The molecule has 2 fully saturated rings. The molecule has 36 heavy (non-hydrogen) atoms. The molecule has 196 valence electrons. The van der Waals surface area contributed by atoms with Crippen molar-refractivity contribution in [3.05, 3.63) is 60.2 Å². The number of hydrogen-bond donors (Lipinski definition) is 2. The first-order valence-electron chi connectivity index (χ1n) is 13.5. The number of rotatable bonds is 12. The number of hydrogen-bond acceptors (Lipinski definition) is 6. The van der Waals surface area contributed by atoms with Crippen molar-refractivity contribution < 1.29 is 14.3 Å². The SMILES string of the molecule is CCCN1CCC(N2C[C@H](NCc3cccc(Oc4ccccc4)c3)C[C@H]2C(=O)NCCOC)CC1. The summed E-state index contributed by atoms with van der Waals surface area (Å²) in [5.74, 6) is 1.80. The van der Waals surface area contributed by atoms with Gasteiger partial charge >= 0.3 is 0 Å². The Balaban J connectivity index is 1.35. The van der Waals surface area contributed by atoms with Crippen molar-refractivity contribution in [1.82, 2.24) is 20.4 Å². The average Bonchev–Trinajstić information content (AvgIpc) is 3.34. The van der Waals surface area contributed by atoms with Crippen LogP contribution in [-0.4, -0.2) is 80.3 Å². The smallest absolute Gasteiger partial charge is 0.237 e. The molecule has 0 unspecified atom stereocenters. The van der Waals surface area contributed by atoms with E-state index in [0.717, 1.165) is 56.9 Å². The minimum Gasteiger partial charge on any atom is -0.457 e. The second-order valence-electron chi connectivity index (χ2n) is 9.95. The molecule has 0 spiro atoms. The number of piperidine rings is 1. The topological polar surface area (TPSA) is 66.1 Å². The molecule has 2 aliphatic heterocycles. The number of nitrogens with zero attached hydrogens (tertiary/aromatic N) is 2. The third kappa shape index (κ3) is 7.53. The number of benzene rings is 2. The van der Waals surface area contributed by atoms with Gasteiger partial charge in [-0.25, -0.2) is 0 Å². The van der Waals surface area contributed by atoms with E-state index in [1.54, 1.807) is 7.11 Å². The van der Waals surface area contributed by atoms with Crippen LogP contribution in [0.3, 0.4) is 0 Å². The molecule has 2 aromatic carbocycles. The van der Waals surface area contributed by atoms with Gasteiger partial charge in [0.2, 0.25) is 5.91 Å². The van der Waals surface area contributed by atoms with E-state index in [-0.39, 0.29) is 18.0 Å². The summed E-state index contributed by atoms with van der Waals surface area (Å²) >= 11 is 0. The lowest BCUT2D eigenvalue weighted by molar-refractivity contribution is -0.126. The number of ether oxygens (including phenoxy) is 2. The zero-order chi connectivity index (χ0) is 25.2. The zero-order valence-electron chi connectivity index (χ0n) is 21.8. The lowest BCUT2D eigenvalue weighted by Gasteiger charge is -2.39. The minimum atomic E-state index is -0.0881. The Kier molecular flexibility index (Phi) is 10.2. The summed E-state index contributed by atoms with van der Waals surface area (Å²) in [5, 5.41) is 6.82. The fraction of sp³-hybridized carbons (Fsp3) is 0.552. The number of carbonyl (C=O) groups is 1. The molecule has 0 aromatic heterocycles. The van der Waals surface area contributed by atoms with E-state index in [4.69, 9.17) is 9.47 Å². The first-order valence-corrected chi connectivity index (χ1v) is 13.5. The first kappa shape index (κ1) is 26.6. The third-order valence-corrected chi connectivity index (χ3v) is 7.29. The van der Waals surface area contributed by atoms with Crippen molar-refractivity contribution in [2.45, 2.75) is 57.3 Å². The van der Waals surface area contributed by atoms with Gasteiger partial charge in [0.25, 0.3) is 0 Å². The van der Waals surface area contributed by atoms with Gasteiger partial charge in [-0.15, -0.1) is 0 Å². The largest absolute Gasteiger partial charge is 0.457 e. The van der Waals surface area contributed by atoms with Gasteiger partial charge in [0.1, 0.15) is 11.5 Å². The van der Waals surface area contributed by atoms with Crippen molar-refractivity contribution in [1.29, 1.82) is 0 Å². The molecule has 7 heteroatoms. The Hall–Kier alpha value is -2.45. The molecule has 0 bridgehead atoms. The molecule has 2 aliphatic rings. The van der Waals surface area contributed by atoms with Crippen LogP contribution in [0, 0.1) is 0 Å². The van der Waals surface area contributed by atoms with Crippen LogP contribution < -0.4 is 15.4 Å². The number of amides is 1. The molecule has 2 heterocycles. The van der Waals surface area contributed by atoms with Gasteiger partial charge in [0.05, 0.1) is 12.6 Å². The summed E-state index contributed by atoms with van der Waals surface area (Å²) in [5.41, 5.74) is 1.18. The second kappa shape index (κ2) is 13.7. The van der Waals surface area contributed by atoms with Crippen molar-refractivity contribution in [2.24, 2.45) is 0 Å². The van der Waals surface area contributed by atoms with Crippen LogP contribution in [0.2, 0.25) is 0 Å². The highest BCUT2D eigenvalue weighted by molar-refractivity contribution is 5.82. The molecule has 7 nitrogen and oxygen atoms in total. The molecule has 2 saturated heterocycles. The predicted octanol–water partition coefficient (Wildman–Crippen LogP) is 3.65. The highest BCUT2D eigenvalue weighted by Gasteiger charge is 2.40. The van der Waals surface area contributed by atoms with Crippen molar-refractivity contribution in [2.75, 3.05) is 46.4 Å². The van der Waals surface area contributed by atoms with Gasteiger partial charge in [0, 0.05) is 38.8 Å². The van der Waals surface area contributed by atoms with Gasteiger partial charge in [-0.3, -0.25) is 9.69 Å². The lowest BCUT2D eigenvalue weighted by atomic mass is 10.0. The normalized spacial score (nSPS) is 21.5. The number of methoxy groups -OCH3 is 1. The summed E-state index contributed by atoms with van der Waals surface area (Å²) in [7, 11) is 1.66. The van der Waals surface area contributed by atoms with Crippen LogP contribution in [0.25, 0.3) is 0 Å². The number of para-hydroxylation sites is 1. The van der Waals surface area contributed by atoms with Crippen LogP contribution in [0.1, 0.15) is 38.2 Å². The Bertz CT molecular complexity index is 933. The molecule has 0 saturated carbocycles. The Morgan fingerprint density at radius 3 is 2.58 bits per heavy atom. The Labute approximate surface area is 216 Å². The predicted molar refractivity (Wildman–Crippen MR) is 143 cm³/mol. The summed E-state index contributed by atoms with van der Waals surface area (Å²) < 4.78 is 11.1. The van der Waals surface area contributed by atoms with E-state index in [2.05, 4.69) is 39.5 Å². The van der Waals surface area contributed by atoms with E-state index >= 15 is 0 Å². The highest BCUT2D eigenvalue weighted by atomic mass is 16.5. The van der Waals surface area contributed by atoms with Crippen LogP contribution in [-0.2, 0) is 16.1 Å². The number of nitrogens with one attached hydrogen (secondary N) is 2. The van der Waals surface area contributed by atoms with Gasteiger partial charge in [-0.05, 0) is 75.1 Å². The monoisotopic (exact) mass is 494 g/mol. The molecule has 4 rings (SSSR count). The van der Waals surface area contributed by atoms with Crippen LogP contribution in [0.5, 0.6) is 11.5 Å². The summed E-state index contributed by atoms with van der Waals surface area (Å²) in [6.45, 7) is 8.41. The van der Waals surface area contributed by atoms with Crippen LogP contribution in [0.4, 0.5) is 0 Å². The third-order valence-electron chi connectivity index (χ3n) is 7.29. The number of carbonyl (C=O) groups excluding carboxylic acids is 1. The molecule has 2 aromatic rings. The number of likely N-dealkylation sites (tertiary alicyclic amines) is 2. The fourth-order valence-electron chi connectivity index (χ4n) is 5.46. The summed E-state index contributed by atoms with van der Waals surface area (Å²) in [6, 6.07) is 18.7. The van der Waals surface area contributed by atoms with E-state index in [1.807, 2.05) is 42.5 Å². The van der Waals surface area contributed by atoms with Crippen LogP contribution in [0.15, 0.2) is 54.6 Å². The quantitative estimate of drug-likeness (QED) is 0.439. The molecule has 0 radical (unpaired) electrons. The maximum atomic E-state index is 13.1. The molecular weight excluding hydrogens is 452 g/mol. The van der Waals surface area contributed by atoms with Gasteiger partial charge in [-0.2, -0.15) is 0 Å². The van der Waals surface area contributed by atoms with Crippen molar-refractivity contribution >= 4 is 5.91 Å². The second-order valence-corrected chi connectivity index (χ2v) is 9.95. The average molecular weight is 495 g/mol. The maximum Gasteiger partial charge on any atom is 0.237 e. The minimum absolute atomic E-state index is 0.0881. The maximum absolute atomic E-state index is 13.1. The highest BCUT2D eigenvalue weighted by Crippen LogP contribution is 2.27. The van der Waals surface area contributed by atoms with Gasteiger partial charge < -0.3 is 25.0 Å². The fourth-order valence-corrected chi connectivity index (χ4v) is 5.46. The van der Waals surface area contributed by atoms with E-state index in [0.29, 0.717) is 19.2 Å². The lowest BCUT2D eigenvalue weighted by Crippen LogP contribution is -2.51. The molecule has 2 N–H and O–H groups in total. The van der Waals surface area contributed by atoms with E-state index < -0.39 is 0 Å². The van der Waals surface area contributed by atoms with Crippen molar-refractivity contribution in [3.63, 3.8) is 0 Å².